The van der Waals surface area contributed by atoms with E-state index in [-0.39, 0.29) is 18.3 Å². The highest BCUT2D eigenvalue weighted by Crippen LogP contribution is 1.98. The van der Waals surface area contributed by atoms with Crippen molar-refractivity contribution >= 4 is 0 Å². The lowest BCUT2D eigenvalue weighted by Crippen LogP contribution is -2.34. The first kappa shape index (κ1) is 42.5. The van der Waals surface area contributed by atoms with Crippen molar-refractivity contribution in [2.45, 2.75) is 78.2 Å². The number of hydrogen-bond donors (Lipinski definition) is 3. The third kappa shape index (κ3) is 32.7. The van der Waals surface area contributed by atoms with E-state index in [0.717, 1.165) is 19.6 Å². The molecule has 43 heavy (non-hydrogen) atoms. The summed E-state index contributed by atoms with van der Waals surface area (Å²) >= 11 is 0. The van der Waals surface area contributed by atoms with E-state index in [0.29, 0.717) is 99.1 Å². The lowest BCUT2D eigenvalue weighted by molar-refractivity contribution is -0.0501. The van der Waals surface area contributed by atoms with Crippen LogP contribution in [0.3, 0.4) is 0 Å². The van der Waals surface area contributed by atoms with Crippen LogP contribution >= 0.6 is 0 Å². The van der Waals surface area contributed by atoms with Crippen LogP contribution in [0, 0.1) is 0 Å². The summed E-state index contributed by atoms with van der Waals surface area (Å²) in [5.74, 6) is 0. The van der Waals surface area contributed by atoms with E-state index in [1.165, 1.54) is 0 Å². The van der Waals surface area contributed by atoms with Crippen molar-refractivity contribution in [1.82, 2.24) is 4.90 Å². The quantitative estimate of drug-likeness (QED) is 0.0878. The number of aliphatic hydroxyl groups excluding tert-OH is 3. The standard InChI is InChI=1S/C30H63NO12/c1-25(32)19-41-28(4)22-38-16-13-35-10-7-31(8-11-36-14-17-39-23-29(5)42-20-26(2)33)9-12-37-15-18-40-24-30(6)43-21-27(3)34/h25-30,32-34H,7-24H2,1-6H3. The van der Waals surface area contributed by atoms with Crippen molar-refractivity contribution < 1.29 is 58.0 Å². The Morgan fingerprint density at radius 1 is 0.372 bits per heavy atom. The summed E-state index contributed by atoms with van der Waals surface area (Å²) in [6, 6.07) is 0. The van der Waals surface area contributed by atoms with Crippen LogP contribution < -0.4 is 0 Å². The van der Waals surface area contributed by atoms with Gasteiger partial charge >= 0.3 is 0 Å². The largest absolute Gasteiger partial charge is 0.391 e. The van der Waals surface area contributed by atoms with Crippen LogP contribution in [0.25, 0.3) is 0 Å². The fourth-order valence-electron chi connectivity index (χ4n) is 3.38. The van der Waals surface area contributed by atoms with Crippen molar-refractivity contribution in [2.24, 2.45) is 0 Å². The molecule has 13 nitrogen and oxygen atoms in total. The Morgan fingerprint density at radius 2 is 0.628 bits per heavy atom. The summed E-state index contributed by atoms with van der Waals surface area (Å²) in [5, 5.41) is 27.8. The summed E-state index contributed by atoms with van der Waals surface area (Å²) < 4.78 is 50.4. The van der Waals surface area contributed by atoms with Gasteiger partial charge in [0.05, 0.1) is 136 Å². The number of aliphatic hydroxyl groups is 3. The highest BCUT2D eigenvalue weighted by atomic mass is 16.6. The predicted molar refractivity (Wildman–Crippen MR) is 163 cm³/mol. The molecule has 6 unspecified atom stereocenters. The smallest absolute Gasteiger partial charge is 0.0781 e. The van der Waals surface area contributed by atoms with E-state index in [1.807, 2.05) is 20.8 Å². The molecule has 0 spiro atoms. The van der Waals surface area contributed by atoms with Crippen LogP contribution in [0.5, 0.6) is 0 Å². The molecule has 260 valence electrons. The monoisotopic (exact) mass is 629 g/mol. The Kier molecular flexibility index (Phi) is 29.8. The first-order chi connectivity index (χ1) is 20.6. The molecular formula is C30H63NO12. The summed E-state index contributed by atoms with van der Waals surface area (Å²) in [7, 11) is 0. The van der Waals surface area contributed by atoms with E-state index >= 15 is 0 Å². The first-order valence-electron chi connectivity index (χ1n) is 15.7. The van der Waals surface area contributed by atoms with Gasteiger partial charge in [-0.15, -0.1) is 0 Å². The van der Waals surface area contributed by atoms with E-state index in [9.17, 15) is 15.3 Å². The van der Waals surface area contributed by atoms with Gasteiger partial charge in [-0.25, -0.2) is 0 Å². The van der Waals surface area contributed by atoms with Gasteiger partial charge in [0.2, 0.25) is 0 Å². The van der Waals surface area contributed by atoms with Crippen LogP contribution in [0.15, 0.2) is 0 Å². The second-order valence-electron chi connectivity index (χ2n) is 10.9. The molecule has 13 heteroatoms. The maximum Gasteiger partial charge on any atom is 0.0781 e. The Balaban J connectivity index is 4.14. The second-order valence-corrected chi connectivity index (χ2v) is 10.9. The number of nitrogens with zero attached hydrogens (tertiary/aromatic N) is 1. The van der Waals surface area contributed by atoms with E-state index in [1.54, 1.807) is 20.8 Å². The molecule has 0 aromatic carbocycles. The summed E-state index contributed by atoms with van der Waals surface area (Å²) in [6.07, 6.45) is -1.72. The van der Waals surface area contributed by atoms with Gasteiger partial charge in [0.25, 0.3) is 0 Å². The summed E-state index contributed by atoms with van der Waals surface area (Å²) in [6.45, 7) is 19.7. The normalized spacial score (nSPS) is 16.3. The van der Waals surface area contributed by atoms with Crippen molar-refractivity contribution in [1.29, 1.82) is 0 Å². The lowest BCUT2D eigenvalue weighted by Gasteiger charge is -2.22. The molecule has 0 aliphatic carbocycles. The molecule has 0 aromatic rings. The van der Waals surface area contributed by atoms with Gasteiger partial charge < -0.3 is 58.0 Å². The summed E-state index contributed by atoms with van der Waals surface area (Å²) in [5.41, 5.74) is 0. The minimum atomic E-state index is -0.488. The zero-order chi connectivity index (χ0) is 32.1. The zero-order valence-corrected chi connectivity index (χ0v) is 27.7. The third-order valence-corrected chi connectivity index (χ3v) is 5.70. The van der Waals surface area contributed by atoms with Crippen molar-refractivity contribution in [3.05, 3.63) is 0 Å². The van der Waals surface area contributed by atoms with E-state index in [2.05, 4.69) is 4.90 Å². The SMILES string of the molecule is CC(O)COC(C)COCCOCCN(CCOCCOCC(C)OCC(C)O)CCOCCOCC(C)OCC(C)O. The average molecular weight is 630 g/mol. The van der Waals surface area contributed by atoms with Gasteiger partial charge in [0.1, 0.15) is 0 Å². The second kappa shape index (κ2) is 30.2. The maximum absolute atomic E-state index is 9.28. The van der Waals surface area contributed by atoms with Gasteiger partial charge in [0.15, 0.2) is 0 Å². The predicted octanol–water partition coefficient (Wildman–Crippen LogP) is 0.746. The van der Waals surface area contributed by atoms with Crippen LogP contribution in [0.1, 0.15) is 41.5 Å². The van der Waals surface area contributed by atoms with Gasteiger partial charge in [-0.1, -0.05) is 0 Å². The van der Waals surface area contributed by atoms with Gasteiger partial charge in [0, 0.05) is 19.6 Å². The number of hydrogen-bond acceptors (Lipinski definition) is 13. The molecule has 0 bridgehead atoms. The molecule has 0 aromatic heterocycles. The fourth-order valence-corrected chi connectivity index (χ4v) is 3.38. The third-order valence-electron chi connectivity index (χ3n) is 5.70. The minimum absolute atomic E-state index is 0.0838. The Labute approximate surface area is 259 Å². The first-order valence-corrected chi connectivity index (χ1v) is 15.7. The molecule has 0 saturated carbocycles. The molecule has 0 rings (SSSR count). The molecule has 3 N–H and O–H groups in total. The highest BCUT2D eigenvalue weighted by Gasteiger charge is 2.09. The Morgan fingerprint density at radius 3 is 0.884 bits per heavy atom. The van der Waals surface area contributed by atoms with Crippen LogP contribution in [-0.4, -0.2) is 176 Å². The maximum atomic E-state index is 9.28. The van der Waals surface area contributed by atoms with Crippen LogP contribution in [0.2, 0.25) is 0 Å². The van der Waals surface area contributed by atoms with Crippen molar-refractivity contribution in [3.63, 3.8) is 0 Å². The molecule has 0 radical (unpaired) electrons. The zero-order valence-electron chi connectivity index (χ0n) is 27.7. The average Bonchev–Trinajstić information content (AvgIpc) is 2.95. The topological polar surface area (TPSA) is 147 Å². The van der Waals surface area contributed by atoms with E-state index < -0.39 is 18.3 Å². The molecule has 6 atom stereocenters. The lowest BCUT2D eigenvalue weighted by atomic mass is 10.4. The van der Waals surface area contributed by atoms with Crippen molar-refractivity contribution in [3.8, 4) is 0 Å². The Hall–Kier alpha value is -0.520. The van der Waals surface area contributed by atoms with Gasteiger partial charge in [-0.2, -0.15) is 0 Å². The molecule has 0 heterocycles. The van der Waals surface area contributed by atoms with Gasteiger partial charge in [-0.05, 0) is 41.5 Å². The number of ether oxygens (including phenoxy) is 9. The molecule has 0 fully saturated rings. The molecule has 0 aliphatic heterocycles. The van der Waals surface area contributed by atoms with Crippen LogP contribution in [-0.2, 0) is 42.6 Å². The molecular weight excluding hydrogens is 566 g/mol. The fraction of sp³-hybridized carbons (Fsp3) is 1.00. The molecule has 0 amide bonds. The summed E-state index contributed by atoms with van der Waals surface area (Å²) in [4.78, 5) is 2.23. The van der Waals surface area contributed by atoms with Crippen molar-refractivity contribution in [2.75, 3.05) is 119 Å². The van der Waals surface area contributed by atoms with Gasteiger partial charge in [-0.3, -0.25) is 4.90 Å². The Bertz CT molecular complexity index is 497. The molecule has 0 saturated heterocycles. The minimum Gasteiger partial charge on any atom is -0.391 e. The van der Waals surface area contributed by atoms with E-state index in [4.69, 9.17) is 42.6 Å². The van der Waals surface area contributed by atoms with Crippen LogP contribution in [0.4, 0.5) is 0 Å². The molecule has 0 aliphatic rings. The number of rotatable bonds is 33. The highest BCUT2D eigenvalue weighted by molar-refractivity contribution is 4.58.